The number of carbonyl (C=O) groups excluding carboxylic acids is 1. The highest BCUT2D eigenvalue weighted by molar-refractivity contribution is 6.04. The van der Waals surface area contributed by atoms with Crippen LogP contribution in [0.25, 0.3) is 11.0 Å². The van der Waals surface area contributed by atoms with Gasteiger partial charge in [0.2, 0.25) is 0 Å². The molecular formula is C21H26N6O. The lowest BCUT2D eigenvalue weighted by atomic mass is 10.1. The van der Waals surface area contributed by atoms with Gasteiger partial charge < -0.3 is 20.1 Å². The predicted molar refractivity (Wildman–Crippen MR) is 112 cm³/mol. The van der Waals surface area contributed by atoms with Gasteiger partial charge in [-0.15, -0.1) is 0 Å². The number of fused-ring (bicyclic) bond motifs is 1. The fraction of sp³-hybridized carbons (Fsp3) is 0.381. The zero-order valence-corrected chi connectivity index (χ0v) is 16.4. The molecule has 1 atom stereocenters. The molecule has 1 fully saturated rings. The van der Waals surface area contributed by atoms with Crippen LogP contribution < -0.4 is 10.2 Å². The Hall–Kier alpha value is -3.09. The fourth-order valence-corrected chi connectivity index (χ4v) is 3.72. The van der Waals surface area contributed by atoms with E-state index in [1.807, 2.05) is 54.4 Å². The number of rotatable bonds is 4. The molecule has 0 aliphatic carbocycles. The predicted octanol–water partition coefficient (Wildman–Crippen LogP) is 3.13. The van der Waals surface area contributed by atoms with Crippen LogP contribution in [0.15, 0.2) is 42.9 Å². The summed E-state index contributed by atoms with van der Waals surface area (Å²) in [4.78, 5) is 28.9. The summed E-state index contributed by atoms with van der Waals surface area (Å²) in [5.74, 6) is 1.01. The molecule has 0 radical (unpaired) electrons. The summed E-state index contributed by atoms with van der Waals surface area (Å²) in [5.41, 5.74) is 3.35. The van der Waals surface area contributed by atoms with Crippen LogP contribution in [0.2, 0.25) is 0 Å². The Morgan fingerprint density at radius 2 is 2.07 bits per heavy atom. The average molecular weight is 378 g/mol. The number of para-hydroxylation sites is 1. The number of benzene rings is 1. The summed E-state index contributed by atoms with van der Waals surface area (Å²) < 4.78 is 0. The zero-order valence-electron chi connectivity index (χ0n) is 16.4. The number of pyridine rings is 1. The Bertz CT molecular complexity index is 949. The second-order valence-corrected chi connectivity index (χ2v) is 7.47. The summed E-state index contributed by atoms with van der Waals surface area (Å²) in [5, 5.41) is 3.58. The number of H-pyrrole nitrogens is 1. The van der Waals surface area contributed by atoms with Crippen molar-refractivity contribution in [2.24, 2.45) is 0 Å². The highest BCUT2D eigenvalue weighted by Crippen LogP contribution is 2.21. The van der Waals surface area contributed by atoms with E-state index in [4.69, 9.17) is 0 Å². The van der Waals surface area contributed by atoms with Crippen molar-refractivity contribution in [2.45, 2.75) is 25.3 Å². The molecule has 1 amide bonds. The second-order valence-electron chi connectivity index (χ2n) is 7.47. The van der Waals surface area contributed by atoms with Crippen molar-refractivity contribution in [1.29, 1.82) is 0 Å². The quantitative estimate of drug-likeness (QED) is 0.729. The summed E-state index contributed by atoms with van der Waals surface area (Å²) in [6.45, 7) is 1.51. The van der Waals surface area contributed by atoms with E-state index in [0.717, 1.165) is 54.9 Å². The number of nitrogens with zero attached hydrogens (tertiary/aromatic N) is 4. The number of amides is 1. The number of carbonyl (C=O) groups is 1. The van der Waals surface area contributed by atoms with E-state index >= 15 is 0 Å². The Morgan fingerprint density at radius 1 is 1.18 bits per heavy atom. The molecule has 3 heterocycles. The Balaban J connectivity index is 1.41. The lowest BCUT2D eigenvalue weighted by Crippen LogP contribution is -2.32. The molecule has 7 nitrogen and oxygen atoms in total. The number of nitrogens with one attached hydrogen (secondary N) is 2. The van der Waals surface area contributed by atoms with Gasteiger partial charge in [-0.05, 0) is 43.5 Å². The maximum absolute atomic E-state index is 13.1. The highest BCUT2D eigenvalue weighted by Gasteiger charge is 2.23. The smallest absolute Gasteiger partial charge is 0.256 e. The van der Waals surface area contributed by atoms with Crippen LogP contribution in [-0.4, -0.2) is 59.0 Å². The first-order chi connectivity index (χ1) is 13.6. The standard InChI is InChI=1S/C21H26N6O/c1-26(2)19-9-8-16(13-22-19)25-15-5-4-11-27(12-10-15)21(28)17-6-3-7-18-20(17)24-14-23-18/h3,6-9,13-15,25H,4-5,10-12H2,1-2H3,(H,23,24)/t15-/m1/s1. The Morgan fingerprint density at radius 3 is 2.86 bits per heavy atom. The Kier molecular flexibility index (Phi) is 5.14. The molecule has 3 aromatic rings. The molecule has 2 N–H and O–H groups in total. The molecule has 7 heteroatoms. The van der Waals surface area contributed by atoms with Gasteiger partial charge in [0.1, 0.15) is 11.3 Å². The van der Waals surface area contributed by atoms with Crippen LogP contribution in [0.1, 0.15) is 29.6 Å². The van der Waals surface area contributed by atoms with Gasteiger partial charge in [0.15, 0.2) is 0 Å². The van der Waals surface area contributed by atoms with Gasteiger partial charge in [0.05, 0.1) is 29.3 Å². The molecular weight excluding hydrogens is 352 g/mol. The number of imidazole rings is 1. The minimum absolute atomic E-state index is 0.0651. The molecule has 0 spiro atoms. The molecule has 1 aliphatic heterocycles. The Labute approximate surface area is 164 Å². The first-order valence-electron chi connectivity index (χ1n) is 9.73. The molecule has 1 aromatic carbocycles. The zero-order chi connectivity index (χ0) is 19.5. The summed E-state index contributed by atoms with van der Waals surface area (Å²) in [6, 6.07) is 10.1. The van der Waals surface area contributed by atoms with Gasteiger partial charge in [0, 0.05) is 33.2 Å². The van der Waals surface area contributed by atoms with Crippen LogP contribution in [0.4, 0.5) is 11.5 Å². The largest absolute Gasteiger partial charge is 0.381 e. The van der Waals surface area contributed by atoms with E-state index in [1.54, 1.807) is 6.33 Å². The lowest BCUT2D eigenvalue weighted by molar-refractivity contribution is 0.0763. The van der Waals surface area contributed by atoms with Crippen LogP contribution in [0, 0.1) is 0 Å². The molecule has 0 saturated carbocycles. The summed E-state index contributed by atoms with van der Waals surface area (Å²) in [7, 11) is 3.96. The SMILES string of the molecule is CN(C)c1ccc(N[C@@H]2CCCN(C(=O)c3cccc4[nH]cnc34)CC2)cn1. The van der Waals surface area contributed by atoms with Crippen LogP contribution in [0.5, 0.6) is 0 Å². The van der Waals surface area contributed by atoms with Crippen LogP contribution >= 0.6 is 0 Å². The summed E-state index contributed by atoms with van der Waals surface area (Å²) >= 11 is 0. The van der Waals surface area contributed by atoms with E-state index < -0.39 is 0 Å². The van der Waals surface area contributed by atoms with Gasteiger partial charge in [-0.2, -0.15) is 0 Å². The molecule has 4 rings (SSSR count). The molecule has 1 saturated heterocycles. The maximum atomic E-state index is 13.1. The van der Waals surface area contributed by atoms with E-state index in [2.05, 4.69) is 26.3 Å². The van der Waals surface area contributed by atoms with Gasteiger partial charge in [-0.3, -0.25) is 4.79 Å². The molecule has 0 unspecified atom stereocenters. The molecule has 1 aliphatic rings. The minimum atomic E-state index is 0.0651. The molecule has 0 bridgehead atoms. The van der Waals surface area contributed by atoms with Crippen molar-refractivity contribution in [2.75, 3.05) is 37.4 Å². The van der Waals surface area contributed by atoms with E-state index in [-0.39, 0.29) is 5.91 Å². The normalized spacial score (nSPS) is 17.4. The summed E-state index contributed by atoms with van der Waals surface area (Å²) in [6.07, 6.45) is 6.44. The third-order valence-corrected chi connectivity index (χ3v) is 5.27. The van der Waals surface area contributed by atoms with Gasteiger partial charge >= 0.3 is 0 Å². The van der Waals surface area contributed by atoms with Crippen LogP contribution in [-0.2, 0) is 0 Å². The number of likely N-dealkylation sites (tertiary alicyclic amines) is 1. The van der Waals surface area contributed by atoms with E-state index in [9.17, 15) is 4.79 Å². The molecule has 146 valence electrons. The fourth-order valence-electron chi connectivity index (χ4n) is 3.72. The van der Waals surface area contributed by atoms with Crippen molar-refractivity contribution >= 4 is 28.4 Å². The first-order valence-corrected chi connectivity index (χ1v) is 9.73. The molecule has 2 aromatic heterocycles. The third kappa shape index (κ3) is 3.78. The van der Waals surface area contributed by atoms with Gasteiger partial charge in [0.25, 0.3) is 5.91 Å². The number of aromatic amines is 1. The number of hydrogen-bond acceptors (Lipinski definition) is 5. The monoisotopic (exact) mass is 378 g/mol. The van der Waals surface area contributed by atoms with Gasteiger partial charge in [-0.1, -0.05) is 6.07 Å². The van der Waals surface area contributed by atoms with Gasteiger partial charge in [-0.25, -0.2) is 9.97 Å². The van der Waals surface area contributed by atoms with Crippen molar-refractivity contribution < 1.29 is 4.79 Å². The maximum Gasteiger partial charge on any atom is 0.256 e. The van der Waals surface area contributed by atoms with Crippen molar-refractivity contribution in [3.63, 3.8) is 0 Å². The first kappa shape index (κ1) is 18.3. The molecule has 28 heavy (non-hydrogen) atoms. The van der Waals surface area contributed by atoms with Crippen molar-refractivity contribution in [1.82, 2.24) is 19.9 Å². The third-order valence-electron chi connectivity index (χ3n) is 5.27. The second kappa shape index (κ2) is 7.88. The highest BCUT2D eigenvalue weighted by atomic mass is 16.2. The topological polar surface area (TPSA) is 77.1 Å². The van der Waals surface area contributed by atoms with Crippen molar-refractivity contribution in [3.8, 4) is 0 Å². The number of anilines is 2. The van der Waals surface area contributed by atoms with Crippen molar-refractivity contribution in [3.05, 3.63) is 48.4 Å². The minimum Gasteiger partial charge on any atom is -0.381 e. The number of aromatic nitrogens is 3. The average Bonchev–Trinajstić information content (AvgIpc) is 3.07. The van der Waals surface area contributed by atoms with E-state index in [0.29, 0.717) is 11.6 Å². The lowest BCUT2D eigenvalue weighted by Gasteiger charge is -2.21. The van der Waals surface area contributed by atoms with E-state index in [1.165, 1.54) is 0 Å². The number of hydrogen-bond donors (Lipinski definition) is 2. The van der Waals surface area contributed by atoms with Crippen LogP contribution in [0.3, 0.4) is 0 Å².